The molecule has 1 unspecified atom stereocenters. The van der Waals surface area contributed by atoms with Crippen molar-refractivity contribution in [3.8, 4) is 0 Å². The summed E-state index contributed by atoms with van der Waals surface area (Å²) in [5.74, 6) is 1.94. The number of aliphatic hydroxyl groups excluding tert-OH is 1. The molecule has 166 valence electrons. The number of ether oxygens (including phenoxy) is 1. The molecule has 2 saturated heterocycles. The smallest absolute Gasteiger partial charge is 0.225 e. The van der Waals surface area contributed by atoms with Crippen molar-refractivity contribution >= 4 is 5.91 Å². The zero-order valence-corrected chi connectivity index (χ0v) is 17.9. The fraction of sp³-hybridized carbons (Fsp3) is 0.955. The Morgan fingerprint density at radius 3 is 2.24 bits per heavy atom. The van der Waals surface area contributed by atoms with Crippen LogP contribution in [-0.2, 0) is 9.53 Å². The number of methoxy groups -OCH3 is 1. The van der Waals surface area contributed by atoms with Crippen molar-refractivity contribution in [3.63, 3.8) is 0 Å². The number of hydrogen-bond donors (Lipinski definition) is 4. The number of aliphatic hydroxyl groups is 1. The number of likely N-dealkylation sites (tertiary alicyclic amines) is 1. The van der Waals surface area contributed by atoms with Crippen LogP contribution >= 0.6 is 0 Å². The maximum absolute atomic E-state index is 12.6. The van der Waals surface area contributed by atoms with Crippen LogP contribution in [0.15, 0.2) is 0 Å². The van der Waals surface area contributed by atoms with E-state index in [1.807, 2.05) is 12.0 Å². The molecule has 2 saturated carbocycles. The van der Waals surface area contributed by atoms with Gasteiger partial charge in [-0.2, -0.15) is 0 Å². The first-order valence-electron chi connectivity index (χ1n) is 11.8. The highest BCUT2D eigenvalue weighted by molar-refractivity contribution is 5.79. The van der Waals surface area contributed by atoms with Crippen molar-refractivity contribution in [1.29, 1.82) is 0 Å². The van der Waals surface area contributed by atoms with Gasteiger partial charge in [0.15, 0.2) is 0 Å². The van der Waals surface area contributed by atoms with Gasteiger partial charge in [0.05, 0.1) is 12.2 Å². The van der Waals surface area contributed by atoms with Crippen LogP contribution < -0.4 is 16.0 Å². The number of carbonyl (C=O) groups is 1. The Morgan fingerprint density at radius 1 is 0.966 bits per heavy atom. The van der Waals surface area contributed by atoms with E-state index in [2.05, 4.69) is 16.0 Å². The lowest BCUT2D eigenvalue weighted by atomic mass is 9.78. The normalized spacial score (nSPS) is 41.4. The van der Waals surface area contributed by atoms with Crippen LogP contribution in [0.25, 0.3) is 0 Å². The van der Waals surface area contributed by atoms with Crippen LogP contribution in [0.1, 0.15) is 57.8 Å². The van der Waals surface area contributed by atoms with Gasteiger partial charge in [-0.1, -0.05) is 0 Å². The van der Waals surface area contributed by atoms with E-state index < -0.39 is 0 Å². The highest BCUT2D eigenvalue weighted by Gasteiger charge is 2.34. The highest BCUT2D eigenvalue weighted by Crippen LogP contribution is 2.32. The van der Waals surface area contributed by atoms with Crippen molar-refractivity contribution in [2.75, 3.05) is 33.3 Å². The predicted octanol–water partition coefficient (Wildman–Crippen LogP) is 1.03. The van der Waals surface area contributed by atoms with Crippen molar-refractivity contribution in [2.45, 2.75) is 82.3 Å². The summed E-state index contributed by atoms with van der Waals surface area (Å²) in [6, 6.07) is 0.474. The molecule has 29 heavy (non-hydrogen) atoms. The van der Waals surface area contributed by atoms with Crippen molar-refractivity contribution in [1.82, 2.24) is 20.9 Å². The highest BCUT2D eigenvalue weighted by atomic mass is 16.5. The molecule has 0 bridgehead atoms. The molecular formula is C22H40N4O3. The zero-order chi connectivity index (χ0) is 20.2. The van der Waals surface area contributed by atoms with E-state index in [0.717, 1.165) is 63.6 Å². The molecule has 0 aromatic heterocycles. The van der Waals surface area contributed by atoms with Crippen LogP contribution in [0.4, 0.5) is 0 Å². The van der Waals surface area contributed by atoms with Gasteiger partial charge in [0.1, 0.15) is 6.29 Å². The number of rotatable bonds is 5. The van der Waals surface area contributed by atoms with E-state index in [1.54, 1.807) is 0 Å². The summed E-state index contributed by atoms with van der Waals surface area (Å²) < 4.78 is 5.51. The minimum Gasteiger partial charge on any atom is -0.391 e. The topological polar surface area (TPSA) is 85.9 Å². The van der Waals surface area contributed by atoms with E-state index in [0.29, 0.717) is 18.7 Å². The molecule has 7 heteroatoms. The minimum absolute atomic E-state index is 0.150. The third kappa shape index (κ3) is 5.50. The summed E-state index contributed by atoms with van der Waals surface area (Å²) in [4.78, 5) is 14.5. The Bertz CT molecular complexity index is 524. The quantitative estimate of drug-likeness (QED) is 0.544. The van der Waals surface area contributed by atoms with Crippen LogP contribution in [0.3, 0.4) is 0 Å². The van der Waals surface area contributed by atoms with E-state index in [9.17, 15) is 9.90 Å². The Balaban J connectivity index is 1.13. The van der Waals surface area contributed by atoms with Gasteiger partial charge in [-0.25, -0.2) is 0 Å². The van der Waals surface area contributed by atoms with Gasteiger partial charge in [-0.05, 0) is 69.6 Å². The van der Waals surface area contributed by atoms with E-state index in [4.69, 9.17) is 4.74 Å². The number of nitrogens with zero attached hydrogens (tertiary/aromatic N) is 1. The number of β-amino-alcohol motifs (C(OH)–C–C–N with tert-alkyl or cyclic N) is 1. The number of amides is 1. The maximum atomic E-state index is 12.6. The summed E-state index contributed by atoms with van der Waals surface area (Å²) in [6.07, 6.45) is 10.1. The summed E-state index contributed by atoms with van der Waals surface area (Å²) in [5, 5.41) is 20.7. The van der Waals surface area contributed by atoms with Crippen molar-refractivity contribution in [3.05, 3.63) is 0 Å². The summed E-state index contributed by atoms with van der Waals surface area (Å²) in [7, 11) is 1.84. The summed E-state index contributed by atoms with van der Waals surface area (Å²) in [5.41, 5.74) is 0. The van der Waals surface area contributed by atoms with Gasteiger partial charge in [0.25, 0.3) is 0 Å². The number of nitrogens with one attached hydrogen (secondary N) is 3. The van der Waals surface area contributed by atoms with Crippen LogP contribution in [-0.4, -0.2) is 73.7 Å². The lowest BCUT2D eigenvalue weighted by Crippen LogP contribution is -2.63. The molecule has 4 aliphatic rings. The van der Waals surface area contributed by atoms with Gasteiger partial charge in [-0.3, -0.25) is 20.7 Å². The summed E-state index contributed by atoms with van der Waals surface area (Å²) >= 11 is 0. The average Bonchev–Trinajstić information content (AvgIpc) is 3.21. The standard InChI is InChI=1S/C22H40N4O3/c1-29-20-8-4-15(5-9-20)17-12-23-22(24-13-17)25-18-6-2-16(3-7-18)21(28)26-11-10-19(27)14-26/h15-20,22-25,27H,2-14H2,1H3. The second-order valence-corrected chi connectivity index (χ2v) is 9.72. The monoisotopic (exact) mass is 408 g/mol. The molecule has 4 rings (SSSR count). The molecule has 2 aliphatic carbocycles. The Kier molecular flexibility index (Phi) is 7.45. The first-order valence-corrected chi connectivity index (χ1v) is 11.8. The first kappa shape index (κ1) is 21.5. The second kappa shape index (κ2) is 10.1. The fourth-order valence-electron chi connectivity index (χ4n) is 5.87. The SMILES string of the molecule is COC1CCC(C2CNC(NC3CCC(C(=O)N4CCC(O)C4)CC3)NC2)CC1. The molecule has 0 radical (unpaired) electrons. The van der Waals surface area contributed by atoms with Crippen molar-refractivity contribution in [2.24, 2.45) is 17.8 Å². The molecule has 0 aromatic carbocycles. The van der Waals surface area contributed by atoms with E-state index >= 15 is 0 Å². The molecule has 4 fully saturated rings. The third-order valence-electron chi connectivity index (χ3n) is 7.84. The maximum Gasteiger partial charge on any atom is 0.225 e. The average molecular weight is 409 g/mol. The van der Waals surface area contributed by atoms with E-state index in [1.165, 1.54) is 25.7 Å². The van der Waals surface area contributed by atoms with Gasteiger partial charge in [-0.15, -0.1) is 0 Å². The van der Waals surface area contributed by atoms with Crippen LogP contribution in [0, 0.1) is 17.8 Å². The second-order valence-electron chi connectivity index (χ2n) is 9.72. The first-order chi connectivity index (χ1) is 14.1. The predicted molar refractivity (Wildman–Crippen MR) is 112 cm³/mol. The van der Waals surface area contributed by atoms with Gasteiger partial charge in [0, 0.05) is 45.2 Å². The van der Waals surface area contributed by atoms with Gasteiger partial charge < -0.3 is 14.7 Å². The van der Waals surface area contributed by atoms with Crippen LogP contribution in [0.2, 0.25) is 0 Å². The molecular weight excluding hydrogens is 368 g/mol. The fourth-order valence-corrected chi connectivity index (χ4v) is 5.87. The third-order valence-corrected chi connectivity index (χ3v) is 7.84. The molecule has 0 aromatic rings. The molecule has 2 aliphatic heterocycles. The number of carbonyl (C=O) groups excluding carboxylic acids is 1. The largest absolute Gasteiger partial charge is 0.391 e. The molecule has 1 amide bonds. The molecule has 1 atom stereocenters. The van der Waals surface area contributed by atoms with Crippen molar-refractivity contribution < 1.29 is 14.6 Å². The lowest BCUT2D eigenvalue weighted by molar-refractivity contribution is -0.136. The Morgan fingerprint density at radius 2 is 1.66 bits per heavy atom. The molecule has 2 heterocycles. The van der Waals surface area contributed by atoms with Gasteiger partial charge >= 0.3 is 0 Å². The van der Waals surface area contributed by atoms with E-state index in [-0.39, 0.29) is 24.2 Å². The lowest BCUT2D eigenvalue weighted by Gasteiger charge is -2.40. The Labute approximate surface area is 175 Å². The number of hydrogen-bond acceptors (Lipinski definition) is 6. The summed E-state index contributed by atoms with van der Waals surface area (Å²) in [6.45, 7) is 3.42. The molecule has 0 spiro atoms. The molecule has 4 N–H and O–H groups in total. The Hall–Kier alpha value is -0.730. The zero-order valence-electron chi connectivity index (χ0n) is 17.9. The minimum atomic E-state index is -0.320. The van der Waals surface area contributed by atoms with Crippen LogP contribution in [0.5, 0.6) is 0 Å². The van der Waals surface area contributed by atoms with Gasteiger partial charge in [0.2, 0.25) is 5.91 Å². The molecule has 7 nitrogen and oxygen atoms in total.